The lowest BCUT2D eigenvalue weighted by molar-refractivity contribution is -0.332. The van der Waals surface area contributed by atoms with Crippen molar-refractivity contribution in [3.8, 4) is 0 Å². The molecule has 0 aromatic heterocycles. The molecule has 11 atom stereocenters. The van der Waals surface area contributed by atoms with Crippen LogP contribution in [0.5, 0.6) is 0 Å². The lowest BCUT2D eigenvalue weighted by Crippen LogP contribution is -2.61. The molecule has 0 amide bonds. The number of rotatable bonds is 36. The molecule has 0 spiro atoms. The molecule has 62 heavy (non-hydrogen) atoms. The zero-order chi connectivity index (χ0) is 45.4. The molecule has 0 aromatic carbocycles. The third-order valence-electron chi connectivity index (χ3n) is 11.4. The summed E-state index contributed by atoms with van der Waals surface area (Å²) in [6.07, 6.45) is 16.6. The van der Waals surface area contributed by atoms with Crippen LogP contribution in [0.1, 0.15) is 168 Å². The fourth-order valence-electron chi connectivity index (χ4n) is 7.45. The van der Waals surface area contributed by atoms with E-state index in [1.165, 1.54) is 96.3 Å². The van der Waals surface area contributed by atoms with Crippen molar-refractivity contribution in [3.05, 3.63) is 24.3 Å². The summed E-state index contributed by atoms with van der Waals surface area (Å²) >= 11 is 0. The molecule has 2 heterocycles. The first-order chi connectivity index (χ1) is 30.0. The molecule has 2 saturated heterocycles. The summed E-state index contributed by atoms with van der Waals surface area (Å²) in [6, 6.07) is 0. The highest BCUT2D eigenvalue weighted by Gasteiger charge is 2.47. The van der Waals surface area contributed by atoms with Gasteiger partial charge in [0.1, 0.15) is 55.4 Å². The van der Waals surface area contributed by atoms with E-state index in [-0.39, 0.29) is 19.4 Å². The van der Waals surface area contributed by atoms with E-state index in [0.717, 1.165) is 32.1 Å². The zero-order valence-electron chi connectivity index (χ0n) is 37.9. The number of hydrogen-bond acceptors (Lipinski definition) is 15. The van der Waals surface area contributed by atoms with Gasteiger partial charge in [-0.05, 0) is 32.1 Å². The SMILES string of the molecule is CCCCCCCC/C=C/C/C=C/CCC(=O)OC(COC(=O)CCCCCCCCCCCCCCC)CO[C@@H]1O[C@H](CO[C@@H]2O[C@H](CO)[C@H](O)C(O)C2O)[C@H](O)C(O)C1O. The van der Waals surface area contributed by atoms with Crippen molar-refractivity contribution >= 4 is 11.9 Å². The minimum atomic E-state index is -1.77. The second-order valence-corrected chi connectivity index (χ2v) is 16.9. The van der Waals surface area contributed by atoms with Crippen LogP contribution in [0.2, 0.25) is 0 Å². The minimum Gasteiger partial charge on any atom is -0.462 e. The normalized spacial score (nSPS) is 27.2. The molecule has 2 aliphatic rings. The van der Waals surface area contributed by atoms with Gasteiger partial charge in [0.05, 0.1) is 19.8 Å². The Hall–Kier alpha value is -2.02. The maximum Gasteiger partial charge on any atom is 0.306 e. The second-order valence-electron chi connectivity index (χ2n) is 16.9. The maximum absolute atomic E-state index is 12.9. The summed E-state index contributed by atoms with van der Waals surface area (Å²) in [5, 5.41) is 71.9. The van der Waals surface area contributed by atoms with Crippen LogP contribution in [0.4, 0.5) is 0 Å². The Labute approximate surface area is 371 Å². The average molecular weight is 889 g/mol. The van der Waals surface area contributed by atoms with Gasteiger partial charge in [-0.3, -0.25) is 9.59 Å². The predicted molar refractivity (Wildman–Crippen MR) is 234 cm³/mol. The number of esters is 2. The van der Waals surface area contributed by atoms with Crippen LogP contribution < -0.4 is 0 Å². The minimum absolute atomic E-state index is 0.0617. The van der Waals surface area contributed by atoms with E-state index in [9.17, 15) is 45.3 Å². The summed E-state index contributed by atoms with van der Waals surface area (Å²) in [5.74, 6) is -1.000. The van der Waals surface area contributed by atoms with E-state index in [0.29, 0.717) is 12.8 Å². The fourth-order valence-corrected chi connectivity index (χ4v) is 7.45. The number of ether oxygens (including phenoxy) is 6. The number of unbranched alkanes of at least 4 members (excludes halogenated alkanes) is 18. The number of hydrogen-bond donors (Lipinski definition) is 7. The Balaban J connectivity index is 1.87. The van der Waals surface area contributed by atoms with E-state index in [4.69, 9.17) is 28.4 Å². The largest absolute Gasteiger partial charge is 0.462 e. The van der Waals surface area contributed by atoms with Crippen molar-refractivity contribution in [2.24, 2.45) is 0 Å². The number of aliphatic hydroxyl groups is 7. The van der Waals surface area contributed by atoms with Gasteiger partial charge in [0, 0.05) is 12.8 Å². The number of carbonyl (C=O) groups is 2. The van der Waals surface area contributed by atoms with E-state index in [1.54, 1.807) is 0 Å². The number of aliphatic hydroxyl groups excluding tert-OH is 7. The highest BCUT2D eigenvalue weighted by atomic mass is 16.7. The summed E-state index contributed by atoms with van der Waals surface area (Å²) in [6.45, 7) is 2.51. The molecule has 0 bridgehead atoms. The van der Waals surface area contributed by atoms with Crippen molar-refractivity contribution < 1.29 is 73.8 Å². The molecule has 2 aliphatic heterocycles. The summed E-state index contributed by atoms with van der Waals surface area (Å²) in [7, 11) is 0. The smallest absolute Gasteiger partial charge is 0.306 e. The fraction of sp³-hybridized carbons (Fsp3) is 0.872. The zero-order valence-corrected chi connectivity index (χ0v) is 37.9. The monoisotopic (exact) mass is 889 g/mol. The van der Waals surface area contributed by atoms with Gasteiger partial charge in [0.25, 0.3) is 0 Å². The van der Waals surface area contributed by atoms with E-state index in [1.807, 2.05) is 12.2 Å². The van der Waals surface area contributed by atoms with Gasteiger partial charge in [0.15, 0.2) is 18.7 Å². The van der Waals surface area contributed by atoms with Gasteiger partial charge in [-0.2, -0.15) is 0 Å². The van der Waals surface area contributed by atoms with Gasteiger partial charge in [-0.25, -0.2) is 0 Å². The van der Waals surface area contributed by atoms with Crippen LogP contribution >= 0.6 is 0 Å². The average Bonchev–Trinajstić information content (AvgIpc) is 3.26. The molecule has 7 N–H and O–H groups in total. The van der Waals surface area contributed by atoms with Crippen LogP contribution in [-0.2, 0) is 38.0 Å². The van der Waals surface area contributed by atoms with Gasteiger partial charge >= 0.3 is 11.9 Å². The molecule has 5 unspecified atom stereocenters. The topological polar surface area (TPSA) is 231 Å². The van der Waals surface area contributed by atoms with Gasteiger partial charge in [0.2, 0.25) is 0 Å². The highest BCUT2D eigenvalue weighted by molar-refractivity contribution is 5.70. The molecule has 15 heteroatoms. The molecule has 2 rings (SSSR count). The Kier molecular flexibility index (Phi) is 31.9. The third-order valence-corrected chi connectivity index (χ3v) is 11.4. The van der Waals surface area contributed by atoms with Crippen molar-refractivity contribution in [1.82, 2.24) is 0 Å². The van der Waals surface area contributed by atoms with Gasteiger partial charge < -0.3 is 64.2 Å². The molecule has 0 radical (unpaired) electrons. The van der Waals surface area contributed by atoms with Crippen LogP contribution in [0.15, 0.2) is 24.3 Å². The molecular weight excluding hydrogens is 805 g/mol. The Bertz CT molecular complexity index is 1180. The number of carbonyl (C=O) groups excluding carboxylic acids is 2. The quantitative estimate of drug-likeness (QED) is 0.0231. The number of allylic oxidation sites excluding steroid dienone is 4. The molecule has 0 saturated carbocycles. The van der Waals surface area contributed by atoms with Gasteiger partial charge in [-0.15, -0.1) is 0 Å². The van der Waals surface area contributed by atoms with Crippen LogP contribution in [-0.4, -0.2) is 142 Å². The van der Waals surface area contributed by atoms with Crippen LogP contribution in [0.25, 0.3) is 0 Å². The first-order valence-corrected chi connectivity index (χ1v) is 23.9. The molecule has 15 nitrogen and oxygen atoms in total. The third kappa shape index (κ3) is 23.8. The van der Waals surface area contributed by atoms with Crippen molar-refractivity contribution in [2.45, 2.75) is 235 Å². The van der Waals surface area contributed by atoms with Gasteiger partial charge in [-0.1, -0.05) is 147 Å². The molecule has 362 valence electrons. The van der Waals surface area contributed by atoms with Crippen molar-refractivity contribution in [2.75, 3.05) is 26.4 Å². The maximum atomic E-state index is 12.9. The van der Waals surface area contributed by atoms with E-state index in [2.05, 4.69) is 26.0 Å². The Morgan fingerprint density at radius 3 is 1.56 bits per heavy atom. The van der Waals surface area contributed by atoms with E-state index < -0.39 is 99.3 Å². The lowest BCUT2D eigenvalue weighted by Gasteiger charge is -2.42. The summed E-state index contributed by atoms with van der Waals surface area (Å²) in [4.78, 5) is 25.6. The Morgan fingerprint density at radius 1 is 0.516 bits per heavy atom. The highest BCUT2D eigenvalue weighted by Crippen LogP contribution is 2.26. The predicted octanol–water partition coefficient (Wildman–Crippen LogP) is 5.60. The Morgan fingerprint density at radius 2 is 1.00 bits per heavy atom. The first-order valence-electron chi connectivity index (χ1n) is 23.9. The summed E-state index contributed by atoms with van der Waals surface area (Å²) < 4.78 is 33.4. The van der Waals surface area contributed by atoms with Crippen molar-refractivity contribution in [1.29, 1.82) is 0 Å². The van der Waals surface area contributed by atoms with Crippen LogP contribution in [0, 0.1) is 0 Å². The van der Waals surface area contributed by atoms with Crippen LogP contribution in [0.3, 0.4) is 0 Å². The standard InChI is InChI=1S/C47H84O15/c1-3-5-7-9-11-13-15-17-19-21-23-25-27-29-38(49)57-32-35(60-39(50)30-28-26-24-22-20-18-16-14-12-10-8-6-4-2)33-58-46-45(56)43(54)41(52)37(62-46)34-59-47-44(55)42(53)40(51)36(31-48)61-47/h18,20,24,26,35-37,40-48,51-56H,3-17,19,21-23,25,27-34H2,1-2H3/b20-18+,26-24+/t35?,36-,37-,40+,41+,42?,43?,44?,45?,46-,47-/m1/s1. The van der Waals surface area contributed by atoms with E-state index >= 15 is 0 Å². The summed E-state index contributed by atoms with van der Waals surface area (Å²) in [5.41, 5.74) is 0. The molecule has 2 fully saturated rings. The lowest BCUT2D eigenvalue weighted by atomic mass is 9.98. The first kappa shape index (κ1) is 56.1. The molecule has 0 aliphatic carbocycles. The molecule has 0 aromatic rings. The van der Waals surface area contributed by atoms with Crippen molar-refractivity contribution in [3.63, 3.8) is 0 Å². The second kappa shape index (κ2) is 35.3. The molecular formula is C47H84O15.